The van der Waals surface area contributed by atoms with Crippen LogP contribution in [0.1, 0.15) is 49.3 Å². The maximum absolute atomic E-state index is 13.0. The lowest BCUT2D eigenvalue weighted by molar-refractivity contribution is 0.307. The van der Waals surface area contributed by atoms with Crippen molar-refractivity contribution in [2.75, 3.05) is 19.6 Å². The summed E-state index contributed by atoms with van der Waals surface area (Å²) in [6.45, 7) is 5.76. The average Bonchev–Trinajstić information content (AvgIpc) is 3.13. The van der Waals surface area contributed by atoms with Crippen LogP contribution in [0.4, 0.5) is 0 Å². The molecular formula is C19H28ClN5O2S. The first-order chi connectivity index (χ1) is 13.1. The fourth-order valence-electron chi connectivity index (χ4n) is 4.04. The van der Waals surface area contributed by atoms with Gasteiger partial charge < -0.3 is 9.88 Å². The molecule has 0 amide bonds. The van der Waals surface area contributed by atoms with E-state index in [0.717, 1.165) is 57.0 Å². The van der Waals surface area contributed by atoms with Crippen molar-refractivity contribution in [1.29, 1.82) is 0 Å². The molecule has 7 nitrogen and oxygen atoms in total. The molecule has 28 heavy (non-hydrogen) atoms. The van der Waals surface area contributed by atoms with Crippen LogP contribution in [0.25, 0.3) is 0 Å². The predicted octanol–water partition coefficient (Wildman–Crippen LogP) is 2.32. The third kappa shape index (κ3) is 4.10. The maximum Gasteiger partial charge on any atom is 0.243 e. The van der Waals surface area contributed by atoms with Gasteiger partial charge in [-0.15, -0.1) is 22.6 Å². The molecule has 1 aromatic heterocycles. The van der Waals surface area contributed by atoms with Gasteiger partial charge in [0.2, 0.25) is 10.0 Å². The van der Waals surface area contributed by atoms with E-state index in [4.69, 9.17) is 0 Å². The number of halogens is 1. The molecule has 0 bridgehead atoms. The van der Waals surface area contributed by atoms with E-state index >= 15 is 0 Å². The van der Waals surface area contributed by atoms with Crippen molar-refractivity contribution >= 4 is 22.4 Å². The van der Waals surface area contributed by atoms with Crippen molar-refractivity contribution in [3.05, 3.63) is 41.5 Å². The van der Waals surface area contributed by atoms with Crippen LogP contribution in [-0.4, -0.2) is 47.1 Å². The van der Waals surface area contributed by atoms with E-state index in [1.54, 1.807) is 16.4 Å². The molecule has 154 valence electrons. The minimum Gasteiger partial charge on any atom is -0.312 e. The van der Waals surface area contributed by atoms with Crippen LogP contribution in [0.2, 0.25) is 0 Å². The van der Waals surface area contributed by atoms with Gasteiger partial charge in [-0.05, 0) is 37.0 Å². The van der Waals surface area contributed by atoms with Crippen LogP contribution in [0.15, 0.2) is 29.2 Å². The van der Waals surface area contributed by atoms with Gasteiger partial charge in [0.1, 0.15) is 11.6 Å². The zero-order valence-electron chi connectivity index (χ0n) is 16.2. The lowest BCUT2D eigenvalue weighted by Gasteiger charge is -2.31. The fraction of sp³-hybridized carbons (Fsp3) is 0.579. The van der Waals surface area contributed by atoms with Crippen LogP contribution < -0.4 is 5.32 Å². The van der Waals surface area contributed by atoms with E-state index in [1.165, 1.54) is 5.56 Å². The number of aromatic nitrogens is 3. The number of sulfonamides is 1. The largest absolute Gasteiger partial charge is 0.312 e. The number of benzene rings is 1. The number of fused-ring (bicyclic) bond motifs is 1. The molecule has 2 aliphatic rings. The normalized spacial score (nSPS) is 18.5. The van der Waals surface area contributed by atoms with Crippen molar-refractivity contribution < 1.29 is 8.42 Å². The van der Waals surface area contributed by atoms with Crippen molar-refractivity contribution in [3.63, 3.8) is 0 Å². The number of piperidine rings is 1. The molecular weight excluding hydrogens is 398 g/mol. The average molecular weight is 426 g/mol. The number of nitrogens with zero attached hydrogens (tertiary/aromatic N) is 4. The SMILES string of the molecule is CCCc1ccc(S(=O)(=O)N2CCC(c3nnc4n3CCNC4)CC2)cc1.Cl. The number of aryl methyl sites for hydroxylation is 1. The van der Waals surface area contributed by atoms with Crippen LogP contribution in [0, 0.1) is 0 Å². The molecule has 3 heterocycles. The maximum atomic E-state index is 13.0. The van der Waals surface area contributed by atoms with Crippen molar-refractivity contribution in [1.82, 2.24) is 24.4 Å². The number of hydrogen-bond donors (Lipinski definition) is 1. The van der Waals surface area contributed by atoms with Gasteiger partial charge in [-0.25, -0.2) is 8.42 Å². The molecule has 0 spiro atoms. The van der Waals surface area contributed by atoms with E-state index in [-0.39, 0.29) is 18.3 Å². The fourth-order valence-corrected chi connectivity index (χ4v) is 5.51. The molecule has 1 N–H and O–H groups in total. The highest BCUT2D eigenvalue weighted by atomic mass is 35.5. The lowest BCUT2D eigenvalue weighted by atomic mass is 9.97. The Morgan fingerprint density at radius 1 is 1.11 bits per heavy atom. The highest BCUT2D eigenvalue weighted by molar-refractivity contribution is 7.89. The van der Waals surface area contributed by atoms with Gasteiger partial charge >= 0.3 is 0 Å². The molecule has 1 aromatic carbocycles. The molecule has 0 unspecified atom stereocenters. The zero-order valence-corrected chi connectivity index (χ0v) is 17.8. The Hall–Kier alpha value is -1.48. The molecule has 0 atom stereocenters. The monoisotopic (exact) mass is 425 g/mol. The number of hydrogen-bond acceptors (Lipinski definition) is 5. The topological polar surface area (TPSA) is 80.1 Å². The second-order valence-electron chi connectivity index (χ2n) is 7.38. The second-order valence-corrected chi connectivity index (χ2v) is 9.31. The Morgan fingerprint density at radius 3 is 2.50 bits per heavy atom. The summed E-state index contributed by atoms with van der Waals surface area (Å²) in [5.74, 6) is 2.29. The smallest absolute Gasteiger partial charge is 0.243 e. The minimum absolute atomic E-state index is 0. The summed E-state index contributed by atoms with van der Waals surface area (Å²) in [4.78, 5) is 0.395. The summed E-state index contributed by atoms with van der Waals surface area (Å²) >= 11 is 0. The van der Waals surface area contributed by atoms with E-state index in [1.807, 2.05) is 12.1 Å². The van der Waals surface area contributed by atoms with Crippen molar-refractivity contribution in [2.24, 2.45) is 0 Å². The summed E-state index contributed by atoms with van der Waals surface area (Å²) in [7, 11) is -3.42. The summed E-state index contributed by atoms with van der Waals surface area (Å²) < 4.78 is 29.8. The van der Waals surface area contributed by atoms with Gasteiger partial charge in [0.05, 0.1) is 11.4 Å². The summed E-state index contributed by atoms with van der Waals surface area (Å²) in [5, 5.41) is 12.0. The highest BCUT2D eigenvalue weighted by Gasteiger charge is 2.32. The van der Waals surface area contributed by atoms with Gasteiger partial charge in [-0.3, -0.25) is 0 Å². The van der Waals surface area contributed by atoms with Gasteiger partial charge in [-0.1, -0.05) is 25.5 Å². The van der Waals surface area contributed by atoms with Crippen LogP contribution in [0.3, 0.4) is 0 Å². The summed E-state index contributed by atoms with van der Waals surface area (Å²) in [5.41, 5.74) is 1.18. The first-order valence-corrected chi connectivity index (χ1v) is 11.3. The molecule has 1 fully saturated rings. The van der Waals surface area contributed by atoms with E-state index in [2.05, 4.69) is 27.0 Å². The molecule has 0 radical (unpaired) electrons. The van der Waals surface area contributed by atoms with Crippen LogP contribution >= 0.6 is 12.4 Å². The van der Waals surface area contributed by atoms with E-state index in [9.17, 15) is 8.42 Å². The van der Waals surface area contributed by atoms with E-state index < -0.39 is 10.0 Å². The van der Waals surface area contributed by atoms with Crippen molar-refractivity contribution in [2.45, 2.75) is 56.5 Å². The van der Waals surface area contributed by atoms with Crippen LogP contribution in [-0.2, 0) is 29.5 Å². The van der Waals surface area contributed by atoms with Crippen LogP contribution in [0.5, 0.6) is 0 Å². The molecule has 0 aliphatic carbocycles. The Labute approximate surface area is 173 Å². The number of nitrogens with one attached hydrogen (secondary N) is 1. The molecule has 2 aliphatic heterocycles. The number of rotatable bonds is 5. The quantitative estimate of drug-likeness (QED) is 0.795. The minimum atomic E-state index is -3.42. The van der Waals surface area contributed by atoms with Gasteiger partial charge in [0, 0.05) is 32.1 Å². The molecule has 0 saturated carbocycles. The predicted molar refractivity (Wildman–Crippen MR) is 110 cm³/mol. The summed E-state index contributed by atoms with van der Waals surface area (Å²) in [6, 6.07) is 7.35. The Balaban J connectivity index is 0.00000225. The van der Waals surface area contributed by atoms with Gasteiger partial charge in [0.25, 0.3) is 0 Å². The molecule has 1 saturated heterocycles. The zero-order chi connectivity index (χ0) is 18.9. The Morgan fingerprint density at radius 2 is 1.82 bits per heavy atom. The standard InChI is InChI=1S/C19H27N5O2S.ClH/c1-2-3-15-4-6-17(7-5-15)27(25,26)23-11-8-16(9-12-23)19-22-21-18-14-20-10-13-24(18)19;/h4-7,16,20H,2-3,8-14H2,1H3;1H. The Kier molecular flexibility index (Phi) is 6.75. The van der Waals surface area contributed by atoms with Gasteiger partial charge in [0.15, 0.2) is 0 Å². The first-order valence-electron chi connectivity index (χ1n) is 9.81. The third-order valence-electron chi connectivity index (χ3n) is 5.57. The lowest BCUT2D eigenvalue weighted by Crippen LogP contribution is -2.38. The summed E-state index contributed by atoms with van der Waals surface area (Å²) in [6.07, 6.45) is 3.61. The highest BCUT2D eigenvalue weighted by Crippen LogP contribution is 2.30. The van der Waals surface area contributed by atoms with E-state index in [0.29, 0.717) is 18.0 Å². The van der Waals surface area contributed by atoms with Gasteiger partial charge in [-0.2, -0.15) is 4.31 Å². The molecule has 4 rings (SSSR count). The molecule has 9 heteroatoms. The Bertz CT molecular complexity index is 890. The van der Waals surface area contributed by atoms with Crippen molar-refractivity contribution in [3.8, 4) is 0 Å². The third-order valence-corrected chi connectivity index (χ3v) is 7.48. The molecule has 2 aromatic rings. The first kappa shape index (κ1) is 21.2. The second kappa shape index (κ2) is 8.90.